The number of amides is 1. The van der Waals surface area contributed by atoms with Crippen molar-refractivity contribution >= 4 is 46.4 Å². The molecule has 7 heteroatoms. The van der Waals surface area contributed by atoms with Gasteiger partial charge in [-0.1, -0.05) is 35.3 Å². The maximum Gasteiger partial charge on any atom is 0.349 e. The smallest absolute Gasteiger partial charge is 0.349 e. The molecule has 2 rings (SSSR count). The summed E-state index contributed by atoms with van der Waals surface area (Å²) in [6.07, 6.45) is -0.905. The van der Waals surface area contributed by atoms with E-state index in [4.69, 9.17) is 27.9 Å². The van der Waals surface area contributed by atoms with Gasteiger partial charge in [-0.05, 0) is 43.0 Å². The summed E-state index contributed by atoms with van der Waals surface area (Å²) in [5.74, 6) is -0.909. The van der Waals surface area contributed by atoms with Gasteiger partial charge < -0.3 is 10.1 Å². The Morgan fingerprint density at radius 3 is 2.57 bits per heavy atom. The number of halogens is 2. The van der Waals surface area contributed by atoms with Gasteiger partial charge in [0.15, 0.2) is 6.10 Å². The third-order valence-electron chi connectivity index (χ3n) is 3.16. The van der Waals surface area contributed by atoms with Gasteiger partial charge in [-0.2, -0.15) is 0 Å². The lowest BCUT2D eigenvalue weighted by molar-refractivity contribution is -0.129. The monoisotopic (exact) mass is 371 g/mol. The van der Waals surface area contributed by atoms with Crippen LogP contribution in [0.3, 0.4) is 0 Å². The molecule has 1 N–H and O–H groups in total. The second-order valence-electron chi connectivity index (χ2n) is 4.92. The van der Waals surface area contributed by atoms with Crippen LogP contribution < -0.4 is 5.32 Å². The third-order valence-corrected chi connectivity index (χ3v) is 4.58. The molecule has 0 saturated carbocycles. The molecule has 0 unspecified atom stereocenters. The van der Waals surface area contributed by atoms with E-state index < -0.39 is 18.0 Å². The number of nitrogens with one attached hydrogen (secondary N) is 1. The van der Waals surface area contributed by atoms with E-state index in [2.05, 4.69) is 5.32 Å². The summed E-state index contributed by atoms with van der Waals surface area (Å²) >= 11 is 13.2. The second kappa shape index (κ2) is 7.81. The molecular formula is C16H15Cl2NO3S. The molecule has 1 amide bonds. The van der Waals surface area contributed by atoms with Gasteiger partial charge in [-0.15, -0.1) is 11.3 Å². The first-order chi connectivity index (χ1) is 10.9. The molecule has 2 atom stereocenters. The number of benzene rings is 1. The predicted octanol–water partition coefficient (Wildman–Crippen LogP) is 4.48. The Balaban J connectivity index is 1.96. The highest BCUT2D eigenvalue weighted by molar-refractivity contribution is 7.11. The molecular weight excluding hydrogens is 357 g/mol. The van der Waals surface area contributed by atoms with E-state index in [1.165, 1.54) is 18.3 Å². The van der Waals surface area contributed by atoms with Gasteiger partial charge >= 0.3 is 5.97 Å². The first kappa shape index (κ1) is 17.8. The van der Waals surface area contributed by atoms with Crippen LogP contribution in [0.15, 0.2) is 35.7 Å². The van der Waals surface area contributed by atoms with Gasteiger partial charge in [-0.3, -0.25) is 4.79 Å². The number of carbonyl (C=O) groups excluding carboxylic acids is 2. The number of hydrogen-bond donors (Lipinski definition) is 1. The molecule has 0 bridgehead atoms. The van der Waals surface area contributed by atoms with E-state index >= 15 is 0 Å². The number of thiophene rings is 1. The van der Waals surface area contributed by atoms with Crippen LogP contribution in [0, 0.1) is 0 Å². The molecule has 122 valence electrons. The molecule has 23 heavy (non-hydrogen) atoms. The Labute approximate surface area is 148 Å². The van der Waals surface area contributed by atoms with Gasteiger partial charge in [0.2, 0.25) is 0 Å². The second-order valence-corrected chi connectivity index (χ2v) is 6.71. The molecule has 0 aliphatic heterocycles. The molecule has 0 fully saturated rings. The van der Waals surface area contributed by atoms with Crippen LogP contribution in [0.1, 0.15) is 35.1 Å². The van der Waals surface area contributed by atoms with Crippen molar-refractivity contribution in [2.45, 2.75) is 26.0 Å². The van der Waals surface area contributed by atoms with Crippen molar-refractivity contribution in [2.24, 2.45) is 0 Å². The molecule has 0 spiro atoms. The van der Waals surface area contributed by atoms with Crippen LogP contribution in [0.25, 0.3) is 0 Å². The SMILES string of the molecule is C[C@@H](OC(=O)c1cccs1)C(=O)N[C@H](C)c1ccc(Cl)cc1Cl. The normalized spacial score (nSPS) is 13.2. The van der Waals surface area contributed by atoms with E-state index in [0.29, 0.717) is 14.9 Å². The minimum atomic E-state index is -0.905. The maximum atomic E-state index is 12.2. The van der Waals surface area contributed by atoms with Crippen molar-refractivity contribution in [1.29, 1.82) is 0 Å². The van der Waals surface area contributed by atoms with Gasteiger partial charge in [0.05, 0.1) is 6.04 Å². The Hall–Kier alpha value is -1.56. The summed E-state index contributed by atoms with van der Waals surface area (Å²) in [6, 6.07) is 8.12. The summed E-state index contributed by atoms with van der Waals surface area (Å²) in [4.78, 5) is 24.5. The van der Waals surface area contributed by atoms with Crippen molar-refractivity contribution in [3.8, 4) is 0 Å². The van der Waals surface area contributed by atoms with Crippen molar-refractivity contribution in [3.63, 3.8) is 0 Å². The number of esters is 1. The summed E-state index contributed by atoms with van der Waals surface area (Å²) in [5.41, 5.74) is 0.737. The predicted molar refractivity (Wildman–Crippen MR) is 92.2 cm³/mol. The number of ether oxygens (including phenoxy) is 1. The average Bonchev–Trinajstić information content (AvgIpc) is 3.01. The van der Waals surface area contributed by atoms with E-state index in [-0.39, 0.29) is 6.04 Å². The van der Waals surface area contributed by atoms with Crippen molar-refractivity contribution in [2.75, 3.05) is 0 Å². The van der Waals surface area contributed by atoms with Crippen LogP contribution >= 0.6 is 34.5 Å². The average molecular weight is 372 g/mol. The van der Waals surface area contributed by atoms with Crippen molar-refractivity contribution in [3.05, 3.63) is 56.2 Å². The van der Waals surface area contributed by atoms with Gasteiger partial charge in [0, 0.05) is 10.0 Å². The Morgan fingerprint density at radius 1 is 1.22 bits per heavy atom. The summed E-state index contributed by atoms with van der Waals surface area (Å²) in [5, 5.41) is 5.53. The Kier molecular flexibility index (Phi) is 6.04. The number of rotatable bonds is 5. The van der Waals surface area contributed by atoms with Crippen LogP contribution in [-0.4, -0.2) is 18.0 Å². The Morgan fingerprint density at radius 2 is 1.96 bits per heavy atom. The zero-order valence-corrected chi connectivity index (χ0v) is 14.8. The molecule has 4 nitrogen and oxygen atoms in total. The summed E-state index contributed by atoms with van der Waals surface area (Å²) in [6.45, 7) is 3.32. The highest BCUT2D eigenvalue weighted by Gasteiger charge is 2.22. The van der Waals surface area contributed by atoms with Gasteiger partial charge in [-0.25, -0.2) is 4.79 Å². The lowest BCUT2D eigenvalue weighted by Gasteiger charge is -2.19. The van der Waals surface area contributed by atoms with Crippen LogP contribution in [0.5, 0.6) is 0 Å². The Bertz CT molecular complexity index is 703. The van der Waals surface area contributed by atoms with Crippen molar-refractivity contribution < 1.29 is 14.3 Å². The maximum absolute atomic E-state index is 12.2. The standard InChI is InChI=1S/C16H15Cl2NO3S/c1-9(12-6-5-11(17)8-13(12)18)19-15(20)10(2)22-16(21)14-4-3-7-23-14/h3-10H,1-2H3,(H,19,20)/t9-,10-/m1/s1. The largest absolute Gasteiger partial charge is 0.448 e. The molecule has 0 aliphatic carbocycles. The van der Waals surface area contributed by atoms with Crippen LogP contribution in [0.4, 0.5) is 0 Å². The fourth-order valence-corrected chi connectivity index (χ4v) is 3.11. The molecule has 1 aromatic heterocycles. The molecule has 0 saturated heterocycles. The molecule has 0 radical (unpaired) electrons. The lowest BCUT2D eigenvalue weighted by atomic mass is 10.1. The summed E-state index contributed by atoms with van der Waals surface area (Å²) in [7, 11) is 0. The highest BCUT2D eigenvalue weighted by Crippen LogP contribution is 2.26. The van der Waals surface area contributed by atoms with Crippen LogP contribution in [0.2, 0.25) is 10.0 Å². The topological polar surface area (TPSA) is 55.4 Å². The minimum absolute atomic E-state index is 0.338. The lowest BCUT2D eigenvalue weighted by Crippen LogP contribution is -2.37. The van der Waals surface area contributed by atoms with E-state index in [1.54, 1.807) is 42.6 Å². The zero-order chi connectivity index (χ0) is 17.0. The number of carbonyl (C=O) groups is 2. The van der Waals surface area contributed by atoms with Gasteiger partial charge in [0.1, 0.15) is 4.88 Å². The highest BCUT2D eigenvalue weighted by atomic mass is 35.5. The fourth-order valence-electron chi connectivity index (χ4n) is 1.93. The number of hydrogen-bond acceptors (Lipinski definition) is 4. The van der Waals surface area contributed by atoms with Crippen molar-refractivity contribution in [1.82, 2.24) is 5.32 Å². The molecule has 1 aromatic carbocycles. The minimum Gasteiger partial charge on any atom is -0.448 e. The summed E-state index contributed by atoms with van der Waals surface area (Å²) < 4.78 is 5.15. The fraction of sp³-hybridized carbons (Fsp3) is 0.250. The quantitative estimate of drug-likeness (QED) is 0.788. The van der Waals surface area contributed by atoms with Crippen LogP contribution in [-0.2, 0) is 9.53 Å². The molecule has 1 heterocycles. The van der Waals surface area contributed by atoms with E-state index in [9.17, 15) is 9.59 Å². The first-order valence-corrected chi connectivity index (χ1v) is 8.52. The van der Waals surface area contributed by atoms with E-state index in [0.717, 1.165) is 5.56 Å². The molecule has 0 aliphatic rings. The third kappa shape index (κ3) is 4.70. The van der Waals surface area contributed by atoms with Gasteiger partial charge in [0.25, 0.3) is 5.91 Å². The van der Waals surface area contributed by atoms with E-state index in [1.807, 2.05) is 0 Å². The zero-order valence-electron chi connectivity index (χ0n) is 12.5. The molecule has 2 aromatic rings. The first-order valence-electron chi connectivity index (χ1n) is 6.88.